The summed E-state index contributed by atoms with van der Waals surface area (Å²) in [5.74, 6) is -0.803. The number of rotatable bonds is 3. The van der Waals surface area contributed by atoms with Crippen molar-refractivity contribution in [2.45, 2.75) is 29.6 Å². The summed E-state index contributed by atoms with van der Waals surface area (Å²) in [6.07, 6.45) is 5.52. The number of carboxylic acids is 1. The van der Waals surface area contributed by atoms with Gasteiger partial charge in [0.1, 0.15) is 0 Å². The van der Waals surface area contributed by atoms with Crippen LogP contribution in [0.4, 0.5) is 0 Å². The summed E-state index contributed by atoms with van der Waals surface area (Å²) >= 11 is -0.542. The zero-order chi connectivity index (χ0) is 10.7. The van der Waals surface area contributed by atoms with E-state index in [1.54, 1.807) is 6.07 Å². The van der Waals surface area contributed by atoms with Crippen LogP contribution in [0.2, 0.25) is 3.93 Å². The van der Waals surface area contributed by atoms with Gasteiger partial charge in [0, 0.05) is 0 Å². The van der Waals surface area contributed by atoms with Gasteiger partial charge >= 0.3 is 100 Å². The average Bonchev–Trinajstić information content (AvgIpc) is 2.71. The Kier molecular flexibility index (Phi) is 3.67. The van der Waals surface area contributed by atoms with E-state index in [4.69, 9.17) is 5.11 Å². The molecule has 1 aliphatic carbocycles. The van der Waals surface area contributed by atoms with Crippen molar-refractivity contribution in [3.05, 3.63) is 29.8 Å². The molecule has 1 aliphatic rings. The Morgan fingerprint density at radius 2 is 2.07 bits per heavy atom. The van der Waals surface area contributed by atoms with Crippen LogP contribution in [0, 0.1) is 0 Å². The monoisotopic (exact) mass is 310 g/mol. The van der Waals surface area contributed by atoms with Crippen molar-refractivity contribution < 1.29 is 9.90 Å². The number of carboxylic acid groups (broad SMARTS) is 1. The molecule has 1 aromatic carbocycles. The van der Waals surface area contributed by atoms with Crippen molar-refractivity contribution in [3.8, 4) is 0 Å². The summed E-state index contributed by atoms with van der Waals surface area (Å²) in [5, 5.41) is 8.89. The summed E-state index contributed by atoms with van der Waals surface area (Å²) in [6, 6.07) is 7.55. The normalized spacial score (nSPS) is 16.8. The van der Waals surface area contributed by atoms with Crippen molar-refractivity contribution in [1.29, 1.82) is 0 Å². The molecule has 2 radical (unpaired) electrons. The third-order valence-corrected chi connectivity index (χ3v) is 7.49. The second-order valence-corrected chi connectivity index (χ2v) is 8.81. The van der Waals surface area contributed by atoms with Crippen LogP contribution in [0.5, 0.6) is 0 Å². The molecule has 0 aliphatic heterocycles. The fraction of sp³-hybridized carbons (Fsp3) is 0.417. The van der Waals surface area contributed by atoms with Gasteiger partial charge in [-0.15, -0.1) is 0 Å². The van der Waals surface area contributed by atoms with Crippen LogP contribution in [0.15, 0.2) is 24.3 Å². The molecule has 0 heterocycles. The van der Waals surface area contributed by atoms with Crippen molar-refractivity contribution in [2.75, 3.05) is 0 Å². The fourth-order valence-electron chi connectivity index (χ4n) is 2.05. The van der Waals surface area contributed by atoms with Gasteiger partial charge in [-0.3, -0.25) is 0 Å². The average molecular weight is 309 g/mol. The summed E-state index contributed by atoms with van der Waals surface area (Å²) in [7, 11) is 0. The molecule has 1 aromatic rings. The molecule has 0 unspecified atom stereocenters. The van der Waals surface area contributed by atoms with Crippen LogP contribution in [-0.4, -0.2) is 32.2 Å². The molecule has 1 saturated carbocycles. The predicted octanol–water partition coefficient (Wildman–Crippen LogP) is 2.08. The molecule has 0 bridgehead atoms. The van der Waals surface area contributed by atoms with Gasteiger partial charge in [0.15, 0.2) is 0 Å². The van der Waals surface area contributed by atoms with Crippen molar-refractivity contribution in [2.24, 2.45) is 0 Å². The molecular formula is C12H14O2Sn. The van der Waals surface area contributed by atoms with E-state index in [0.717, 1.165) is 3.93 Å². The minimum absolute atomic E-state index is 0.450. The van der Waals surface area contributed by atoms with Gasteiger partial charge in [0.25, 0.3) is 0 Å². The summed E-state index contributed by atoms with van der Waals surface area (Å²) in [5.41, 5.74) is 0.450. The van der Waals surface area contributed by atoms with Gasteiger partial charge in [0.05, 0.1) is 0 Å². The first-order valence-corrected chi connectivity index (χ1v) is 8.43. The maximum atomic E-state index is 10.8. The molecule has 0 saturated heterocycles. The topological polar surface area (TPSA) is 37.3 Å². The van der Waals surface area contributed by atoms with Gasteiger partial charge < -0.3 is 0 Å². The maximum absolute atomic E-state index is 10.8. The number of carbonyl (C=O) groups is 1. The van der Waals surface area contributed by atoms with Gasteiger partial charge in [-0.2, -0.15) is 0 Å². The minimum atomic E-state index is -0.803. The van der Waals surface area contributed by atoms with Crippen LogP contribution in [0.3, 0.4) is 0 Å². The summed E-state index contributed by atoms with van der Waals surface area (Å²) in [4.78, 5) is 10.8. The SMILES string of the molecule is O=C(O)c1ccc[c]([Sn][CH]2CCCC2)c1. The van der Waals surface area contributed by atoms with E-state index in [0.29, 0.717) is 5.56 Å². The third kappa shape index (κ3) is 2.97. The number of hydrogen-bond acceptors (Lipinski definition) is 1. The van der Waals surface area contributed by atoms with E-state index < -0.39 is 27.1 Å². The van der Waals surface area contributed by atoms with E-state index in [1.807, 2.05) is 12.1 Å². The van der Waals surface area contributed by atoms with Gasteiger partial charge in [-0.25, -0.2) is 0 Å². The molecule has 1 N–H and O–H groups in total. The zero-order valence-electron chi connectivity index (χ0n) is 8.57. The Hall–Kier alpha value is -0.511. The van der Waals surface area contributed by atoms with Gasteiger partial charge in [-0.1, -0.05) is 0 Å². The number of benzene rings is 1. The summed E-state index contributed by atoms with van der Waals surface area (Å²) in [6.45, 7) is 0. The predicted molar refractivity (Wildman–Crippen MR) is 61.0 cm³/mol. The Morgan fingerprint density at radius 1 is 1.33 bits per heavy atom. The molecule has 0 spiro atoms. The van der Waals surface area contributed by atoms with Crippen molar-refractivity contribution in [3.63, 3.8) is 0 Å². The molecule has 0 atom stereocenters. The van der Waals surface area contributed by atoms with E-state index >= 15 is 0 Å². The number of aromatic carboxylic acids is 1. The molecule has 15 heavy (non-hydrogen) atoms. The van der Waals surface area contributed by atoms with Crippen molar-refractivity contribution >= 4 is 30.7 Å². The summed E-state index contributed by atoms with van der Waals surface area (Å²) < 4.78 is 2.28. The first-order chi connectivity index (χ1) is 7.25. The quantitative estimate of drug-likeness (QED) is 0.868. The Bertz CT molecular complexity index is 356. The molecule has 0 amide bonds. The standard InChI is InChI=1S/C7H5O2.C5H9.Sn/c8-7(9)6-4-2-1-3-5-6;1-2-4-5-3-1;/h1-2,4-5H,(H,8,9);1H,2-5H2;. The molecule has 78 valence electrons. The second-order valence-electron chi connectivity index (χ2n) is 4.01. The van der Waals surface area contributed by atoms with Crippen LogP contribution < -0.4 is 3.58 Å². The van der Waals surface area contributed by atoms with E-state index in [9.17, 15) is 4.79 Å². The molecular weight excluding hydrogens is 295 g/mol. The van der Waals surface area contributed by atoms with E-state index in [-0.39, 0.29) is 0 Å². The molecule has 0 aromatic heterocycles. The Labute approximate surface area is 99.9 Å². The van der Waals surface area contributed by atoms with E-state index in [2.05, 4.69) is 6.07 Å². The second kappa shape index (κ2) is 5.01. The van der Waals surface area contributed by atoms with Crippen LogP contribution in [-0.2, 0) is 0 Å². The third-order valence-electron chi connectivity index (χ3n) is 2.84. The first-order valence-electron chi connectivity index (χ1n) is 5.35. The molecule has 2 nitrogen and oxygen atoms in total. The Morgan fingerprint density at radius 3 is 2.73 bits per heavy atom. The molecule has 2 rings (SSSR count). The Balaban J connectivity index is 2.07. The van der Waals surface area contributed by atoms with Crippen LogP contribution in [0.25, 0.3) is 0 Å². The van der Waals surface area contributed by atoms with Gasteiger partial charge in [-0.05, 0) is 0 Å². The molecule has 3 heteroatoms. The van der Waals surface area contributed by atoms with E-state index in [1.165, 1.54) is 29.3 Å². The fourth-order valence-corrected chi connectivity index (χ4v) is 6.61. The first kappa shape index (κ1) is 11.0. The number of hydrogen-bond donors (Lipinski definition) is 1. The molecule has 1 fully saturated rings. The van der Waals surface area contributed by atoms with Gasteiger partial charge in [0.2, 0.25) is 0 Å². The van der Waals surface area contributed by atoms with Crippen LogP contribution >= 0.6 is 0 Å². The van der Waals surface area contributed by atoms with Crippen molar-refractivity contribution in [1.82, 2.24) is 0 Å². The van der Waals surface area contributed by atoms with Crippen LogP contribution in [0.1, 0.15) is 36.0 Å². The zero-order valence-corrected chi connectivity index (χ0v) is 11.4.